The largest absolute Gasteiger partial charge is 0.374 e. The highest BCUT2D eigenvalue weighted by Gasteiger charge is 2.22. The summed E-state index contributed by atoms with van der Waals surface area (Å²) in [5.41, 5.74) is 0. The summed E-state index contributed by atoms with van der Waals surface area (Å²) < 4.78 is 32.1. The first kappa shape index (κ1) is 18.5. The van der Waals surface area contributed by atoms with Crippen LogP contribution in [0.1, 0.15) is 39.1 Å². The molecule has 0 saturated heterocycles. The fraction of sp³-hybridized carbons (Fsp3) is 0.562. The van der Waals surface area contributed by atoms with Gasteiger partial charge in [0.1, 0.15) is 12.4 Å². The van der Waals surface area contributed by atoms with Gasteiger partial charge in [0.25, 0.3) is 0 Å². The highest BCUT2D eigenvalue weighted by molar-refractivity contribution is 7.91. The van der Waals surface area contributed by atoms with E-state index in [1.54, 1.807) is 12.3 Å². The average Bonchev–Trinajstić information content (AvgIpc) is 3.06. The molecule has 8 heteroatoms. The van der Waals surface area contributed by atoms with Gasteiger partial charge in [0.2, 0.25) is 15.0 Å². The second-order valence-electron chi connectivity index (χ2n) is 5.74. The average molecular weight is 352 g/mol. The fourth-order valence-corrected chi connectivity index (χ4v) is 3.72. The molecule has 2 aromatic heterocycles. The zero-order valence-corrected chi connectivity index (χ0v) is 15.1. The zero-order chi connectivity index (χ0) is 17.6. The number of sulfone groups is 1. The van der Waals surface area contributed by atoms with Crippen LogP contribution in [0.15, 0.2) is 36.0 Å². The van der Waals surface area contributed by atoms with Crippen LogP contribution < -0.4 is 0 Å². The van der Waals surface area contributed by atoms with Crippen molar-refractivity contribution in [3.05, 3.63) is 36.7 Å². The highest BCUT2D eigenvalue weighted by Crippen LogP contribution is 2.23. The smallest absolute Gasteiger partial charge is 0.246 e. The molecule has 7 nitrogen and oxygen atoms in total. The Labute approximate surface area is 143 Å². The molecule has 0 amide bonds. The molecule has 2 aromatic rings. The first-order valence-electron chi connectivity index (χ1n) is 8.05. The van der Waals surface area contributed by atoms with E-state index >= 15 is 0 Å². The van der Waals surface area contributed by atoms with Gasteiger partial charge in [-0.25, -0.2) is 23.4 Å². The minimum Gasteiger partial charge on any atom is -0.374 e. The predicted octanol–water partition coefficient (Wildman–Crippen LogP) is 2.27. The summed E-state index contributed by atoms with van der Waals surface area (Å²) >= 11 is 0. The summed E-state index contributed by atoms with van der Waals surface area (Å²) in [5, 5.41) is -0.107. The van der Waals surface area contributed by atoms with E-state index in [0.717, 1.165) is 5.82 Å². The van der Waals surface area contributed by atoms with Gasteiger partial charge >= 0.3 is 0 Å². The number of hydrogen-bond donors (Lipinski definition) is 0. The van der Waals surface area contributed by atoms with Gasteiger partial charge in [0.15, 0.2) is 0 Å². The lowest BCUT2D eigenvalue weighted by molar-refractivity contribution is 0.123. The van der Waals surface area contributed by atoms with Gasteiger partial charge in [-0.2, -0.15) is 0 Å². The van der Waals surface area contributed by atoms with Gasteiger partial charge in [-0.05, 0) is 32.3 Å². The van der Waals surface area contributed by atoms with E-state index in [0.29, 0.717) is 19.6 Å². The molecule has 0 saturated carbocycles. The maximum Gasteiger partial charge on any atom is 0.246 e. The molecule has 0 spiro atoms. The SMILES string of the molecule is CCOCc1nccn1C(C)C(C)CCS(=O)(=O)c1ncccn1. The second-order valence-corrected chi connectivity index (χ2v) is 7.75. The molecule has 0 aliphatic carbocycles. The zero-order valence-electron chi connectivity index (χ0n) is 14.3. The van der Waals surface area contributed by atoms with Crippen LogP contribution in [0.3, 0.4) is 0 Å². The van der Waals surface area contributed by atoms with E-state index < -0.39 is 9.84 Å². The molecule has 0 bridgehead atoms. The van der Waals surface area contributed by atoms with Gasteiger partial charge in [-0.3, -0.25) is 0 Å². The number of hydrogen-bond acceptors (Lipinski definition) is 6. The molecule has 0 N–H and O–H groups in total. The van der Waals surface area contributed by atoms with Crippen molar-refractivity contribution in [3.63, 3.8) is 0 Å². The van der Waals surface area contributed by atoms with Crippen molar-refractivity contribution in [1.29, 1.82) is 0 Å². The molecule has 2 unspecified atom stereocenters. The van der Waals surface area contributed by atoms with Gasteiger partial charge in [0.05, 0.1) is 5.75 Å². The van der Waals surface area contributed by atoms with Gasteiger partial charge < -0.3 is 9.30 Å². The van der Waals surface area contributed by atoms with Crippen LogP contribution in [0, 0.1) is 5.92 Å². The van der Waals surface area contributed by atoms with Crippen LogP contribution >= 0.6 is 0 Å². The number of imidazole rings is 1. The number of nitrogens with zero attached hydrogens (tertiary/aromatic N) is 4. The van der Waals surface area contributed by atoms with E-state index in [2.05, 4.69) is 21.9 Å². The maximum atomic E-state index is 12.3. The third kappa shape index (κ3) is 4.61. The summed E-state index contributed by atoms with van der Waals surface area (Å²) in [6.07, 6.45) is 7.05. The molecular weight excluding hydrogens is 328 g/mol. The highest BCUT2D eigenvalue weighted by atomic mass is 32.2. The van der Waals surface area contributed by atoms with Crippen LogP contribution in [0.2, 0.25) is 0 Å². The predicted molar refractivity (Wildman–Crippen MR) is 90.1 cm³/mol. The van der Waals surface area contributed by atoms with Crippen molar-refractivity contribution in [2.75, 3.05) is 12.4 Å². The van der Waals surface area contributed by atoms with Crippen molar-refractivity contribution in [1.82, 2.24) is 19.5 Å². The number of aromatic nitrogens is 4. The van der Waals surface area contributed by atoms with Gasteiger partial charge in [-0.1, -0.05) is 6.92 Å². The third-order valence-corrected chi connectivity index (χ3v) is 5.65. The lowest BCUT2D eigenvalue weighted by Crippen LogP contribution is -2.20. The van der Waals surface area contributed by atoms with E-state index in [1.807, 2.05) is 24.6 Å². The molecule has 0 aliphatic heterocycles. The number of rotatable bonds is 9. The molecule has 0 aromatic carbocycles. The molecule has 0 aliphatic rings. The fourth-order valence-electron chi connectivity index (χ4n) is 2.41. The van der Waals surface area contributed by atoms with Crippen molar-refractivity contribution in [2.45, 2.75) is 45.0 Å². The van der Waals surface area contributed by atoms with E-state index in [4.69, 9.17) is 4.74 Å². The lowest BCUT2D eigenvalue weighted by atomic mass is 10.0. The second kappa shape index (κ2) is 8.34. The summed E-state index contributed by atoms with van der Waals surface area (Å²) in [4.78, 5) is 12.0. The maximum absolute atomic E-state index is 12.3. The molecule has 0 radical (unpaired) electrons. The molecule has 2 atom stereocenters. The first-order valence-corrected chi connectivity index (χ1v) is 9.70. The quantitative estimate of drug-likeness (QED) is 0.643. The Morgan fingerprint density at radius 2 is 1.88 bits per heavy atom. The summed E-state index contributed by atoms with van der Waals surface area (Å²) in [5.74, 6) is 1.03. The van der Waals surface area contributed by atoms with E-state index in [9.17, 15) is 8.42 Å². The van der Waals surface area contributed by atoms with Crippen molar-refractivity contribution >= 4 is 9.84 Å². The minimum absolute atomic E-state index is 0.0258. The molecule has 132 valence electrons. The third-order valence-electron chi connectivity index (χ3n) is 4.11. The van der Waals surface area contributed by atoms with Crippen LogP contribution in [-0.4, -0.2) is 40.3 Å². The van der Waals surface area contributed by atoms with Crippen molar-refractivity contribution in [3.8, 4) is 0 Å². The Morgan fingerprint density at radius 1 is 1.17 bits per heavy atom. The van der Waals surface area contributed by atoms with Crippen LogP contribution in [-0.2, 0) is 21.2 Å². The first-order chi connectivity index (χ1) is 11.5. The monoisotopic (exact) mass is 352 g/mol. The normalized spacial score (nSPS) is 14.5. The Kier molecular flexibility index (Phi) is 6.44. The Morgan fingerprint density at radius 3 is 2.54 bits per heavy atom. The van der Waals surface area contributed by atoms with E-state index in [1.165, 1.54) is 12.4 Å². The van der Waals surface area contributed by atoms with Crippen molar-refractivity contribution in [2.24, 2.45) is 5.92 Å². The van der Waals surface area contributed by atoms with Crippen LogP contribution in [0.4, 0.5) is 0 Å². The molecule has 2 rings (SSSR count). The van der Waals surface area contributed by atoms with Gasteiger partial charge in [0, 0.05) is 37.4 Å². The Bertz CT molecular complexity index is 731. The Hall–Kier alpha value is -1.80. The lowest BCUT2D eigenvalue weighted by Gasteiger charge is -2.23. The topological polar surface area (TPSA) is 87.0 Å². The molecule has 2 heterocycles. The Balaban J connectivity index is 1.99. The molecule has 0 fully saturated rings. The van der Waals surface area contributed by atoms with Gasteiger partial charge in [-0.15, -0.1) is 0 Å². The standard InChI is InChI=1S/C16H24N4O3S/c1-4-23-12-15-17-9-10-20(15)14(3)13(2)6-11-24(21,22)16-18-7-5-8-19-16/h5,7-10,13-14H,4,6,11-12H2,1-3H3. The minimum atomic E-state index is -3.45. The molecule has 24 heavy (non-hydrogen) atoms. The molecular formula is C16H24N4O3S. The van der Waals surface area contributed by atoms with Crippen molar-refractivity contribution < 1.29 is 13.2 Å². The summed E-state index contributed by atoms with van der Waals surface area (Å²) in [6, 6.07) is 1.72. The van der Waals surface area contributed by atoms with E-state index in [-0.39, 0.29) is 22.9 Å². The number of ether oxygens (including phenoxy) is 1. The summed E-state index contributed by atoms with van der Waals surface area (Å²) in [7, 11) is -3.45. The summed E-state index contributed by atoms with van der Waals surface area (Å²) in [6.45, 7) is 7.13. The van der Waals surface area contributed by atoms with Crippen LogP contribution in [0.5, 0.6) is 0 Å². The van der Waals surface area contributed by atoms with Crippen LogP contribution in [0.25, 0.3) is 0 Å².